The molecule has 0 aromatic carbocycles. The Morgan fingerprint density at radius 1 is 1.39 bits per heavy atom. The summed E-state index contributed by atoms with van der Waals surface area (Å²) in [5.41, 5.74) is 0. The van der Waals surface area contributed by atoms with Crippen molar-refractivity contribution in [3.05, 3.63) is 27.4 Å². The standard InChI is InChI=1S/C14H17F3N4S2/c1-21-6-2-4-9(11(21)10-5-3-7-22-10)8-18-13-20-19-12(23-13)14(15,16)17/h3,5,7,9,11H,2,4,6,8H2,1H3,(H,18,20). The van der Waals surface area contributed by atoms with E-state index in [1.807, 2.05) is 6.07 Å². The van der Waals surface area contributed by atoms with E-state index in [0.717, 1.165) is 19.4 Å². The lowest BCUT2D eigenvalue weighted by atomic mass is 9.88. The summed E-state index contributed by atoms with van der Waals surface area (Å²) in [7, 11) is 2.10. The molecule has 1 fully saturated rings. The second-order valence-corrected chi connectivity index (χ2v) is 7.59. The Bertz CT molecular complexity index is 626. The van der Waals surface area contributed by atoms with Crippen LogP contribution in [0.3, 0.4) is 0 Å². The maximum Gasteiger partial charge on any atom is 0.445 e. The predicted molar refractivity (Wildman–Crippen MR) is 85.8 cm³/mol. The first-order chi connectivity index (χ1) is 10.9. The van der Waals surface area contributed by atoms with Crippen LogP contribution in [0, 0.1) is 5.92 Å². The molecule has 1 N–H and O–H groups in total. The number of aromatic nitrogens is 2. The summed E-state index contributed by atoms with van der Waals surface area (Å²) >= 11 is 2.28. The van der Waals surface area contributed by atoms with Crippen molar-refractivity contribution >= 4 is 27.8 Å². The number of alkyl halides is 3. The van der Waals surface area contributed by atoms with Crippen LogP contribution in [0.2, 0.25) is 0 Å². The predicted octanol–water partition coefficient (Wildman–Crippen LogP) is 4.11. The van der Waals surface area contributed by atoms with E-state index in [1.165, 1.54) is 4.88 Å². The van der Waals surface area contributed by atoms with Gasteiger partial charge in [0.2, 0.25) is 10.1 Å². The molecule has 23 heavy (non-hydrogen) atoms. The van der Waals surface area contributed by atoms with E-state index in [4.69, 9.17) is 0 Å². The highest BCUT2D eigenvalue weighted by molar-refractivity contribution is 7.15. The van der Waals surface area contributed by atoms with Crippen molar-refractivity contribution in [3.63, 3.8) is 0 Å². The number of nitrogens with zero attached hydrogens (tertiary/aromatic N) is 3. The van der Waals surface area contributed by atoms with Crippen molar-refractivity contribution in [2.45, 2.75) is 25.1 Å². The van der Waals surface area contributed by atoms with Gasteiger partial charge in [0.15, 0.2) is 0 Å². The van der Waals surface area contributed by atoms with Gasteiger partial charge in [-0.2, -0.15) is 13.2 Å². The molecule has 126 valence electrons. The zero-order valence-corrected chi connectivity index (χ0v) is 14.1. The van der Waals surface area contributed by atoms with E-state index in [1.54, 1.807) is 11.3 Å². The smallest absolute Gasteiger partial charge is 0.360 e. The number of piperidine rings is 1. The van der Waals surface area contributed by atoms with Crippen molar-refractivity contribution < 1.29 is 13.2 Å². The zero-order chi connectivity index (χ0) is 16.4. The van der Waals surface area contributed by atoms with Crippen LogP contribution >= 0.6 is 22.7 Å². The Morgan fingerprint density at radius 2 is 2.22 bits per heavy atom. The summed E-state index contributed by atoms with van der Waals surface area (Å²) in [5.74, 6) is 0.339. The van der Waals surface area contributed by atoms with Crippen LogP contribution in [0.15, 0.2) is 17.5 Å². The van der Waals surface area contributed by atoms with Gasteiger partial charge < -0.3 is 5.32 Å². The number of hydrogen-bond acceptors (Lipinski definition) is 6. The van der Waals surface area contributed by atoms with Crippen molar-refractivity contribution in [2.24, 2.45) is 5.92 Å². The van der Waals surface area contributed by atoms with Gasteiger partial charge in [0.25, 0.3) is 0 Å². The molecule has 2 aromatic rings. The molecule has 4 nitrogen and oxygen atoms in total. The van der Waals surface area contributed by atoms with E-state index in [-0.39, 0.29) is 5.13 Å². The highest BCUT2D eigenvalue weighted by Gasteiger charge is 2.36. The lowest BCUT2D eigenvalue weighted by Crippen LogP contribution is -2.38. The maximum absolute atomic E-state index is 12.6. The summed E-state index contributed by atoms with van der Waals surface area (Å²) in [5, 5.41) is 11.2. The lowest BCUT2D eigenvalue weighted by molar-refractivity contribution is -0.138. The van der Waals surface area contributed by atoms with E-state index in [9.17, 15) is 13.2 Å². The zero-order valence-electron chi connectivity index (χ0n) is 12.5. The van der Waals surface area contributed by atoms with Crippen LogP contribution in [0.25, 0.3) is 0 Å². The normalized spacial score (nSPS) is 23.1. The van der Waals surface area contributed by atoms with Crippen molar-refractivity contribution in [3.8, 4) is 0 Å². The molecule has 2 atom stereocenters. The minimum absolute atomic E-state index is 0.232. The highest BCUT2D eigenvalue weighted by atomic mass is 32.1. The molecule has 0 saturated carbocycles. The topological polar surface area (TPSA) is 41.0 Å². The van der Waals surface area contributed by atoms with Crippen LogP contribution in [0.4, 0.5) is 18.3 Å². The molecular weight excluding hydrogens is 345 g/mol. The second kappa shape index (κ2) is 6.74. The fourth-order valence-electron chi connectivity index (χ4n) is 3.01. The van der Waals surface area contributed by atoms with Crippen LogP contribution in [0.5, 0.6) is 0 Å². The Morgan fingerprint density at radius 3 is 2.87 bits per heavy atom. The fourth-order valence-corrected chi connectivity index (χ4v) is 4.61. The molecule has 1 saturated heterocycles. The first-order valence-corrected chi connectivity index (χ1v) is 9.03. The number of rotatable bonds is 4. The quantitative estimate of drug-likeness (QED) is 0.889. The molecule has 0 bridgehead atoms. The molecule has 0 amide bonds. The Hall–Kier alpha value is -1.19. The molecule has 0 radical (unpaired) electrons. The summed E-state index contributed by atoms with van der Waals surface area (Å²) in [6, 6.07) is 4.45. The molecule has 1 aliphatic heterocycles. The average molecular weight is 362 g/mol. The number of anilines is 1. The number of halogens is 3. The highest BCUT2D eigenvalue weighted by Crippen LogP contribution is 2.38. The van der Waals surface area contributed by atoms with Crippen molar-refractivity contribution in [1.82, 2.24) is 15.1 Å². The average Bonchev–Trinajstić information content (AvgIpc) is 3.16. The molecule has 2 unspecified atom stereocenters. The SMILES string of the molecule is CN1CCCC(CNc2nnc(C(F)(F)F)s2)C1c1cccs1. The molecule has 2 aromatic heterocycles. The third kappa shape index (κ3) is 3.84. The molecular formula is C14H17F3N4S2. The Balaban J connectivity index is 1.67. The Labute approximate surface area is 140 Å². The van der Waals surface area contributed by atoms with E-state index in [0.29, 0.717) is 29.8 Å². The van der Waals surface area contributed by atoms with Crippen molar-refractivity contribution in [2.75, 3.05) is 25.5 Å². The molecule has 0 aliphatic carbocycles. The van der Waals surface area contributed by atoms with E-state index in [2.05, 4.69) is 38.9 Å². The van der Waals surface area contributed by atoms with E-state index >= 15 is 0 Å². The minimum Gasteiger partial charge on any atom is -0.360 e. The van der Waals surface area contributed by atoms with E-state index < -0.39 is 11.2 Å². The number of hydrogen-bond donors (Lipinski definition) is 1. The van der Waals surface area contributed by atoms with Gasteiger partial charge in [0, 0.05) is 17.5 Å². The van der Waals surface area contributed by atoms with Gasteiger partial charge in [-0.1, -0.05) is 17.4 Å². The summed E-state index contributed by atoms with van der Waals surface area (Å²) in [6.45, 7) is 1.63. The number of thiophene rings is 1. The Kier molecular flexibility index (Phi) is 4.88. The molecule has 1 aliphatic rings. The van der Waals surface area contributed by atoms with Gasteiger partial charge in [0.1, 0.15) is 0 Å². The van der Waals surface area contributed by atoms with Gasteiger partial charge in [0.05, 0.1) is 0 Å². The summed E-state index contributed by atoms with van der Waals surface area (Å²) < 4.78 is 37.7. The fraction of sp³-hybridized carbons (Fsp3) is 0.571. The third-order valence-electron chi connectivity index (χ3n) is 4.02. The number of likely N-dealkylation sites (tertiary alicyclic amines) is 1. The second-order valence-electron chi connectivity index (χ2n) is 5.63. The first-order valence-electron chi connectivity index (χ1n) is 7.33. The van der Waals surface area contributed by atoms with Crippen LogP contribution in [-0.4, -0.2) is 35.2 Å². The van der Waals surface area contributed by atoms with Crippen LogP contribution < -0.4 is 5.32 Å². The van der Waals surface area contributed by atoms with Crippen LogP contribution in [0.1, 0.15) is 28.8 Å². The summed E-state index contributed by atoms with van der Waals surface area (Å²) in [6.07, 6.45) is -2.29. The maximum atomic E-state index is 12.6. The minimum atomic E-state index is -4.43. The lowest BCUT2D eigenvalue weighted by Gasteiger charge is -2.38. The largest absolute Gasteiger partial charge is 0.445 e. The summed E-state index contributed by atoms with van der Waals surface area (Å²) in [4.78, 5) is 3.62. The monoisotopic (exact) mass is 362 g/mol. The molecule has 0 spiro atoms. The van der Waals surface area contributed by atoms with Gasteiger partial charge in [-0.3, -0.25) is 4.90 Å². The molecule has 3 rings (SSSR count). The first kappa shape index (κ1) is 16.7. The van der Waals surface area contributed by atoms with Gasteiger partial charge in [-0.25, -0.2) is 0 Å². The van der Waals surface area contributed by atoms with Gasteiger partial charge >= 0.3 is 6.18 Å². The number of nitrogens with one attached hydrogen (secondary N) is 1. The van der Waals surface area contributed by atoms with Gasteiger partial charge in [-0.15, -0.1) is 21.5 Å². The van der Waals surface area contributed by atoms with Crippen molar-refractivity contribution in [1.29, 1.82) is 0 Å². The molecule has 9 heteroatoms. The van der Waals surface area contributed by atoms with Gasteiger partial charge in [-0.05, 0) is 43.8 Å². The molecule has 3 heterocycles. The third-order valence-corrected chi connectivity index (χ3v) is 5.89. The van der Waals surface area contributed by atoms with Crippen LogP contribution in [-0.2, 0) is 6.18 Å².